The van der Waals surface area contributed by atoms with Gasteiger partial charge in [0.1, 0.15) is 11.9 Å². The number of thioether (sulfide) groups is 1. The van der Waals surface area contributed by atoms with Crippen molar-refractivity contribution in [3.63, 3.8) is 0 Å². The minimum atomic E-state index is 0.208. The highest BCUT2D eigenvalue weighted by molar-refractivity contribution is 7.99. The summed E-state index contributed by atoms with van der Waals surface area (Å²) in [4.78, 5) is 1.24. The van der Waals surface area contributed by atoms with E-state index in [1.54, 1.807) is 0 Å². The Kier molecular flexibility index (Phi) is 5.62. The maximum absolute atomic E-state index is 6.14. The lowest BCUT2D eigenvalue weighted by Gasteiger charge is -2.32. The molecule has 0 fully saturated rings. The summed E-state index contributed by atoms with van der Waals surface area (Å²) in [5, 5.41) is 3.57. The molecule has 0 saturated carbocycles. The molecule has 1 heterocycles. The van der Waals surface area contributed by atoms with Crippen LogP contribution in [0.15, 0.2) is 29.2 Å². The van der Waals surface area contributed by atoms with Crippen LogP contribution in [0.1, 0.15) is 26.2 Å². The summed E-state index contributed by atoms with van der Waals surface area (Å²) in [7, 11) is 0. The summed E-state index contributed by atoms with van der Waals surface area (Å²) in [5.74, 6) is 4.73. The molecule has 102 valence electrons. The molecule has 1 aromatic rings. The second-order valence-corrected chi connectivity index (χ2v) is 5.78. The first-order chi connectivity index (χ1) is 9.35. The fourth-order valence-corrected chi connectivity index (χ4v) is 3.30. The Morgan fingerprint density at radius 1 is 1.53 bits per heavy atom. The Hall–Kier alpha value is -1.11. The van der Waals surface area contributed by atoms with E-state index in [2.05, 4.69) is 30.3 Å². The third-order valence-electron chi connectivity index (χ3n) is 3.24. The van der Waals surface area contributed by atoms with E-state index in [1.165, 1.54) is 4.90 Å². The lowest BCUT2D eigenvalue weighted by molar-refractivity contribution is 0.161. The van der Waals surface area contributed by atoms with Crippen LogP contribution in [-0.4, -0.2) is 24.4 Å². The van der Waals surface area contributed by atoms with Crippen LogP contribution in [0.4, 0.5) is 0 Å². The molecule has 1 N–H and O–H groups in total. The lowest BCUT2D eigenvalue weighted by Crippen LogP contribution is -2.45. The quantitative estimate of drug-likeness (QED) is 0.805. The van der Waals surface area contributed by atoms with Crippen LogP contribution in [0, 0.1) is 12.3 Å². The molecule has 2 atom stereocenters. The molecule has 0 aromatic heterocycles. The second kappa shape index (κ2) is 7.47. The van der Waals surface area contributed by atoms with Gasteiger partial charge in [-0.3, -0.25) is 0 Å². The number of benzene rings is 1. The maximum atomic E-state index is 6.14. The standard InChI is InChI=1S/C16H21NOS/c1-3-5-8-13(17-11-4-2)15-12-19-16-10-7-6-9-14(16)18-15/h1,6-7,9-10,13,15,17H,4-5,8,11-12H2,2H3. The van der Waals surface area contributed by atoms with Gasteiger partial charge in [-0.15, -0.1) is 24.1 Å². The fourth-order valence-electron chi connectivity index (χ4n) is 2.22. The molecule has 0 amide bonds. The Bertz CT molecular complexity index is 441. The summed E-state index contributed by atoms with van der Waals surface area (Å²) < 4.78 is 6.14. The summed E-state index contributed by atoms with van der Waals surface area (Å²) in [6.45, 7) is 3.19. The molecule has 0 aliphatic carbocycles. The molecule has 0 saturated heterocycles. The van der Waals surface area contributed by atoms with Crippen molar-refractivity contribution in [3.05, 3.63) is 24.3 Å². The van der Waals surface area contributed by atoms with Crippen molar-refractivity contribution in [2.45, 2.75) is 43.2 Å². The number of para-hydroxylation sites is 1. The van der Waals surface area contributed by atoms with Crippen molar-refractivity contribution in [2.75, 3.05) is 12.3 Å². The van der Waals surface area contributed by atoms with Crippen molar-refractivity contribution < 1.29 is 4.74 Å². The van der Waals surface area contributed by atoms with Gasteiger partial charge in [0.2, 0.25) is 0 Å². The third-order valence-corrected chi connectivity index (χ3v) is 4.38. The van der Waals surface area contributed by atoms with Gasteiger partial charge in [0, 0.05) is 23.1 Å². The van der Waals surface area contributed by atoms with Crippen molar-refractivity contribution in [1.82, 2.24) is 5.32 Å². The number of rotatable bonds is 6. The van der Waals surface area contributed by atoms with Gasteiger partial charge in [-0.2, -0.15) is 0 Å². The minimum absolute atomic E-state index is 0.208. The Morgan fingerprint density at radius 2 is 2.37 bits per heavy atom. The third kappa shape index (κ3) is 3.92. The van der Waals surface area contributed by atoms with E-state index >= 15 is 0 Å². The molecular weight excluding hydrogens is 254 g/mol. The second-order valence-electron chi connectivity index (χ2n) is 4.72. The van der Waals surface area contributed by atoms with Crippen molar-refractivity contribution in [2.24, 2.45) is 0 Å². The topological polar surface area (TPSA) is 21.3 Å². The van der Waals surface area contributed by atoms with E-state index in [0.717, 1.165) is 37.3 Å². The van der Waals surface area contributed by atoms with Crippen molar-refractivity contribution in [3.8, 4) is 18.1 Å². The minimum Gasteiger partial charge on any atom is -0.487 e. The predicted octanol–water partition coefficient (Wildman–Crippen LogP) is 3.32. The average molecular weight is 275 g/mol. The zero-order chi connectivity index (χ0) is 13.5. The summed E-state index contributed by atoms with van der Waals surface area (Å²) in [6.07, 6.45) is 8.50. The largest absolute Gasteiger partial charge is 0.487 e. The number of hydrogen-bond donors (Lipinski definition) is 1. The Labute approximate surface area is 120 Å². The molecule has 1 aromatic carbocycles. The first kappa shape index (κ1) is 14.3. The molecule has 0 spiro atoms. The Balaban J connectivity index is 2.00. The number of terminal acetylenes is 1. The van der Waals surface area contributed by atoms with Gasteiger partial charge in [0.15, 0.2) is 0 Å². The first-order valence-electron chi connectivity index (χ1n) is 6.90. The monoisotopic (exact) mass is 275 g/mol. The van der Waals surface area contributed by atoms with Crippen LogP contribution in [0.2, 0.25) is 0 Å². The number of nitrogens with one attached hydrogen (secondary N) is 1. The van der Waals surface area contributed by atoms with Gasteiger partial charge < -0.3 is 10.1 Å². The lowest BCUT2D eigenvalue weighted by atomic mass is 10.1. The molecule has 1 aliphatic heterocycles. The van der Waals surface area contributed by atoms with Crippen LogP contribution >= 0.6 is 11.8 Å². The van der Waals surface area contributed by atoms with Gasteiger partial charge in [-0.05, 0) is 31.5 Å². The first-order valence-corrected chi connectivity index (χ1v) is 7.89. The van der Waals surface area contributed by atoms with Crippen molar-refractivity contribution in [1.29, 1.82) is 0 Å². The molecule has 2 nitrogen and oxygen atoms in total. The number of fused-ring (bicyclic) bond motifs is 1. The smallest absolute Gasteiger partial charge is 0.133 e. The fraction of sp³-hybridized carbons (Fsp3) is 0.500. The van der Waals surface area contributed by atoms with Crippen LogP contribution in [-0.2, 0) is 0 Å². The average Bonchev–Trinajstić information content (AvgIpc) is 2.47. The van der Waals surface area contributed by atoms with Gasteiger partial charge in [0.05, 0.1) is 0 Å². The highest BCUT2D eigenvalue weighted by Gasteiger charge is 2.27. The van der Waals surface area contributed by atoms with Crippen LogP contribution < -0.4 is 10.1 Å². The highest BCUT2D eigenvalue weighted by Crippen LogP contribution is 2.36. The molecule has 2 rings (SSSR count). The van der Waals surface area contributed by atoms with Gasteiger partial charge >= 0.3 is 0 Å². The zero-order valence-corrected chi connectivity index (χ0v) is 12.2. The van der Waals surface area contributed by atoms with E-state index < -0.39 is 0 Å². The zero-order valence-electron chi connectivity index (χ0n) is 11.4. The molecule has 0 radical (unpaired) electrons. The Morgan fingerprint density at radius 3 is 3.16 bits per heavy atom. The highest BCUT2D eigenvalue weighted by atomic mass is 32.2. The molecule has 2 unspecified atom stereocenters. The summed E-state index contributed by atoms with van der Waals surface area (Å²) in [5.41, 5.74) is 0. The molecule has 1 aliphatic rings. The predicted molar refractivity (Wildman–Crippen MR) is 81.7 cm³/mol. The van der Waals surface area contributed by atoms with E-state index in [4.69, 9.17) is 11.2 Å². The van der Waals surface area contributed by atoms with Gasteiger partial charge in [-0.25, -0.2) is 0 Å². The van der Waals surface area contributed by atoms with Crippen molar-refractivity contribution >= 4 is 11.8 Å². The maximum Gasteiger partial charge on any atom is 0.133 e. The molecule has 3 heteroatoms. The van der Waals surface area contributed by atoms with Crippen LogP contribution in [0.25, 0.3) is 0 Å². The van der Waals surface area contributed by atoms with Gasteiger partial charge in [-0.1, -0.05) is 19.1 Å². The molecule has 0 bridgehead atoms. The summed E-state index contributed by atoms with van der Waals surface area (Å²) >= 11 is 1.88. The van der Waals surface area contributed by atoms with Gasteiger partial charge in [0.25, 0.3) is 0 Å². The number of ether oxygens (including phenoxy) is 1. The number of hydrogen-bond acceptors (Lipinski definition) is 3. The van der Waals surface area contributed by atoms with Crippen LogP contribution in [0.3, 0.4) is 0 Å². The van der Waals surface area contributed by atoms with Crippen LogP contribution in [0.5, 0.6) is 5.75 Å². The van der Waals surface area contributed by atoms with E-state index in [1.807, 2.05) is 23.9 Å². The van der Waals surface area contributed by atoms with E-state index in [9.17, 15) is 0 Å². The van der Waals surface area contributed by atoms with E-state index in [-0.39, 0.29) is 6.10 Å². The summed E-state index contributed by atoms with van der Waals surface area (Å²) in [6, 6.07) is 8.59. The molecular formula is C16H21NOS. The molecule has 19 heavy (non-hydrogen) atoms. The normalized spacial score (nSPS) is 19.1. The SMILES string of the molecule is C#CCCC(NCCC)C1CSc2ccccc2O1. The van der Waals surface area contributed by atoms with E-state index in [0.29, 0.717) is 6.04 Å².